The molecule has 1 atom stereocenters. The predicted molar refractivity (Wildman–Crippen MR) is 122 cm³/mol. The quantitative estimate of drug-likeness (QED) is 0.299. The van der Waals surface area contributed by atoms with Crippen LogP contribution in [0.15, 0.2) is 0 Å². The molecular formula is C15H44N4O3Si4. The number of hydrogen-bond acceptors (Lipinski definition) is 7. The summed E-state index contributed by atoms with van der Waals surface area (Å²) in [4.78, 5) is 0. The first-order valence-electron chi connectivity index (χ1n) is 10.3. The first-order valence-corrected chi connectivity index (χ1v) is 15.7. The molecule has 0 aromatic heterocycles. The van der Waals surface area contributed by atoms with Crippen LogP contribution in [0.4, 0.5) is 0 Å². The highest BCUT2D eigenvalue weighted by atomic mass is 28.5. The molecule has 7 nitrogen and oxygen atoms in total. The van der Waals surface area contributed by atoms with E-state index < -0.39 is 38.6 Å². The van der Waals surface area contributed by atoms with Gasteiger partial charge in [-0.2, -0.15) is 0 Å². The normalized spacial score (nSPS) is 17.2. The van der Waals surface area contributed by atoms with Crippen molar-refractivity contribution in [2.45, 2.75) is 60.6 Å². The summed E-state index contributed by atoms with van der Waals surface area (Å²) in [5.41, 5.74) is 6.43. The van der Waals surface area contributed by atoms with Crippen LogP contribution in [0.5, 0.6) is 0 Å². The molecule has 0 aliphatic heterocycles. The molecule has 0 amide bonds. The zero-order chi connectivity index (χ0) is 20.0. The molecule has 0 aliphatic rings. The van der Waals surface area contributed by atoms with Crippen LogP contribution in [-0.4, -0.2) is 97.2 Å². The Morgan fingerprint density at radius 1 is 0.654 bits per heavy atom. The highest BCUT2D eigenvalue weighted by Crippen LogP contribution is 2.16. The first-order chi connectivity index (χ1) is 12.5. The lowest BCUT2D eigenvalue weighted by molar-refractivity contribution is 0.221. The fourth-order valence-corrected chi connectivity index (χ4v) is 14.2. The van der Waals surface area contributed by atoms with Gasteiger partial charge in [0.15, 0.2) is 0 Å². The van der Waals surface area contributed by atoms with Gasteiger partial charge < -0.3 is 31.8 Å². The van der Waals surface area contributed by atoms with Crippen molar-refractivity contribution in [2.75, 3.05) is 39.3 Å². The highest BCUT2D eigenvalue weighted by Gasteiger charge is 2.47. The topological polar surface area (TPSA) is 63.4 Å². The van der Waals surface area contributed by atoms with Gasteiger partial charge in [-0.25, -0.2) is 0 Å². The summed E-state index contributed by atoms with van der Waals surface area (Å²) in [6.07, 6.45) is 0.832. The maximum absolute atomic E-state index is 6.56. The van der Waals surface area contributed by atoms with E-state index in [1.165, 1.54) is 0 Å². The summed E-state index contributed by atoms with van der Waals surface area (Å²) in [6, 6.07) is 0. The molecule has 0 heterocycles. The van der Waals surface area contributed by atoms with E-state index in [9.17, 15) is 0 Å². The molecule has 0 aliphatic carbocycles. The Bertz CT molecular complexity index is 295. The Morgan fingerprint density at radius 2 is 0.923 bits per heavy atom. The van der Waals surface area contributed by atoms with Crippen molar-refractivity contribution >= 4 is 38.6 Å². The first kappa shape index (κ1) is 26.6. The van der Waals surface area contributed by atoms with Gasteiger partial charge in [-0.1, -0.05) is 48.5 Å². The zero-order valence-corrected chi connectivity index (χ0v) is 23.5. The van der Waals surface area contributed by atoms with Crippen LogP contribution in [0.2, 0.25) is 0 Å². The van der Waals surface area contributed by atoms with E-state index >= 15 is 0 Å². The minimum Gasteiger partial charge on any atom is -0.407 e. The second-order valence-electron chi connectivity index (χ2n) is 6.35. The van der Waals surface area contributed by atoms with Gasteiger partial charge in [-0.3, -0.25) is 0 Å². The third kappa shape index (κ3) is 9.19. The maximum Gasteiger partial charge on any atom is 0.488 e. The smallest absolute Gasteiger partial charge is 0.407 e. The molecule has 0 bridgehead atoms. The number of nitrogens with two attached hydrogens (primary N) is 1. The van der Waals surface area contributed by atoms with Gasteiger partial charge >= 0.3 is 8.80 Å². The fraction of sp³-hybridized carbons (Fsp3) is 1.00. The van der Waals surface area contributed by atoms with E-state index in [2.05, 4.69) is 62.2 Å². The Hall–Kier alpha value is 0.588. The molecule has 0 spiro atoms. The molecule has 0 rings (SSSR count). The van der Waals surface area contributed by atoms with Gasteiger partial charge in [-0.15, -0.1) is 0 Å². The molecule has 0 fully saturated rings. The second-order valence-corrected chi connectivity index (χ2v) is 15.2. The summed E-state index contributed by atoms with van der Waals surface area (Å²) in [6.45, 7) is 21.2. The fourth-order valence-electron chi connectivity index (χ4n) is 2.46. The van der Waals surface area contributed by atoms with Gasteiger partial charge in [0.05, 0.1) is 5.67 Å². The van der Waals surface area contributed by atoms with E-state index in [-0.39, 0.29) is 5.67 Å². The standard InChI is InChI=1S/C15H44N4O3Si4/c1-8-15(16)26(20-23-17(9-2)10-3,21-24-18(11-4)12-5)22-25-19(13-6)14-7/h15H,8-14,16,23-25H2,1-7H3. The third-order valence-electron chi connectivity index (χ3n) is 4.92. The highest BCUT2D eigenvalue weighted by molar-refractivity contribution is 6.74. The molecule has 2 N–H and O–H groups in total. The molecule has 0 aromatic carbocycles. The molecule has 158 valence electrons. The van der Waals surface area contributed by atoms with Crippen LogP contribution >= 0.6 is 0 Å². The van der Waals surface area contributed by atoms with Crippen molar-refractivity contribution in [3.05, 3.63) is 0 Å². The van der Waals surface area contributed by atoms with E-state index in [0.717, 1.165) is 45.7 Å². The van der Waals surface area contributed by atoms with Crippen molar-refractivity contribution in [1.29, 1.82) is 0 Å². The predicted octanol–water partition coefficient (Wildman–Crippen LogP) is -0.727. The molecule has 26 heavy (non-hydrogen) atoms. The lowest BCUT2D eigenvalue weighted by Gasteiger charge is -2.38. The molecule has 0 saturated carbocycles. The van der Waals surface area contributed by atoms with Crippen molar-refractivity contribution in [2.24, 2.45) is 5.73 Å². The average Bonchev–Trinajstić information content (AvgIpc) is 2.68. The Morgan fingerprint density at radius 3 is 1.12 bits per heavy atom. The van der Waals surface area contributed by atoms with Crippen LogP contribution < -0.4 is 5.73 Å². The average molecular weight is 441 g/mol. The summed E-state index contributed by atoms with van der Waals surface area (Å²) in [5, 5.41) is 0. The SMILES string of the molecule is CCC(N)[Si](O[SiH2]N(CC)CC)(O[SiH2]N(CC)CC)O[SiH2]N(CC)CC. The molecule has 11 heteroatoms. The van der Waals surface area contributed by atoms with Crippen LogP contribution in [-0.2, 0) is 12.3 Å². The van der Waals surface area contributed by atoms with Crippen molar-refractivity contribution in [3.63, 3.8) is 0 Å². The van der Waals surface area contributed by atoms with Crippen molar-refractivity contribution in [1.82, 2.24) is 13.7 Å². The monoisotopic (exact) mass is 440 g/mol. The largest absolute Gasteiger partial charge is 0.488 e. The van der Waals surface area contributed by atoms with Crippen LogP contribution in [0.3, 0.4) is 0 Å². The summed E-state index contributed by atoms with van der Waals surface area (Å²) >= 11 is 0. The van der Waals surface area contributed by atoms with Crippen molar-refractivity contribution in [3.8, 4) is 0 Å². The second kappa shape index (κ2) is 15.5. The van der Waals surface area contributed by atoms with Gasteiger partial charge in [-0.05, 0) is 45.7 Å². The van der Waals surface area contributed by atoms with Crippen LogP contribution in [0.25, 0.3) is 0 Å². The van der Waals surface area contributed by atoms with Crippen LogP contribution in [0, 0.1) is 0 Å². The molecule has 1 unspecified atom stereocenters. The Balaban J connectivity index is 5.32. The summed E-state index contributed by atoms with van der Waals surface area (Å²) < 4.78 is 26.8. The summed E-state index contributed by atoms with van der Waals surface area (Å²) in [7, 11) is -5.47. The lowest BCUT2D eigenvalue weighted by Crippen LogP contribution is -2.64. The van der Waals surface area contributed by atoms with Gasteiger partial charge in [0.25, 0.3) is 0 Å². The molecule has 0 aromatic rings. The van der Waals surface area contributed by atoms with E-state index in [1.807, 2.05) is 0 Å². The Labute approximate surface area is 170 Å². The Kier molecular flexibility index (Phi) is 15.9. The molecular weight excluding hydrogens is 397 g/mol. The number of nitrogens with zero attached hydrogens (tertiary/aromatic N) is 3. The van der Waals surface area contributed by atoms with Gasteiger partial charge in [0.1, 0.15) is 0 Å². The number of rotatable bonds is 17. The third-order valence-corrected chi connectivity index (χ3v) is 16.4. The van der Waals surface area contributed by atoms with E-state index in [1.54, 1.807) is 0 Å². The summed E-state index contributed by atoms with van der Waals surface area (Å²) in [5.74, 6) is 0. The molecule has 0 saturated heterocycles. The van der Waals surface area contributed by atoms with E-state index in [4.69, 9.17) is 18.1 Å². The minimum atomic E-state index is -2.85. The van der Waals surface area contributed by atoms with Gasteiger partial charge in [0.2, 0.25) is 29.8 Å². The van der Waals surface area contributed by atoms with Crippen LogP contribution in [0.1, 0.15) is 54.9 Å². The molecule has 0 radical (unpaired) electrons. The minimum absolute atomic E-state index is 0.128. The van der Waals surface area contributed by atoms with E-state index in [0.29, 0.717) is 0 Å². The lowest BCUT2D eigenvalue weighted by atomic mass is 10.5. The zero-order valence-electron chi connectivity index (χ0n) is 18.3. The number of hydrogen-bond donors (Lipinski definition) is 1. The maximum atomic E-state index is 6.56. The van der Waals surface area contributed by atoms with Crippen molar-refractivity contribution < 1.29 is 12.3 Å². The van der Waals surface area contributed by atoms with Gasteiger partial charge in [0, 0.05) is 0 Å².